The number of carboxylic acids is 1. The van der Waals surface area contributed by atoms with Crippen LogP contribution in [0.3, 0.4) is 0 Å². The van der Waals surface area contributed by atoms with Crippen molar-refractivity contribution in [3.05, 3.63) is 136 Å². The summed E-state index contributed by atoms with van der Waals surface area (Å²) in [5, 5.41) is 11.0. The Balaban J connectivity index is 1.35. The van der Waals surface area contributed by atoms with E-state index in [-0.39, 0.29) is 25.6 Å². The Morgan fingerprint density at radius 2 is 1.52 bits per heavy atom. The van der Waals surface area contributed by atoms with Gasteiger partial charge in [-0.1, -0.05) is 97.4 Å². The molecule has 2 heterocycles. The number of fused-ring (bicyclic) bond motifs is 2. The molecule has 0 amide bonds. The second-order valence-electron chi connectivity index (χ2n) is 12.1. The third-order valence-electron chi connectivity index (χ3n) is 8.82. The van der Waals surface area contributed by atoms with Gasteiger partial charge < -0.3 is 28.8 Å². The maximum atomic E-state index is 12.9. The maximum Gasteiger partial charge on any atom is 0.422 e. The highest BCUT2D eigenvalue weighted by Gasteiger charge is 2.70. The Morgan fingerprint density at radius 3 is 2.12 bits per heavy atom. The largest absolute Gasteiger partial charge is 0.484 e. The van der Waals surface area contributed by atoms with Crippen LogP contribution in [0, 0.1) is 5.92 Å². The first-order valence-electron chi connectivity index (χ1n) is 15.4. The van der Waals surface area contributed by atoms with Gasteiger partial charge in [-0.2, -0.15) is 13.2 Å². The van der Waals surface area contributed by atoms with Gasteiger partial charge in [0.15, 0.2) is 12.2 Å². The van der Waals surface area contributed by atoms with Crippen molar-refractivity contribution in [1.82, 2.24) is 0 Å². The van der Waals surface area contributed by atoms with Crippen molar-refractivity contribution in [3.63, 3.8) is 0 Å². The lowest BCUT2D eigenvalue weighted by atomic mass is 9.77. The molecule has 2 aliphatic heterocycles. The summed E-state index contributed by atoms with van der Waals surface area (Å²) in [4.78, 5) is 12.9. The minimum atomic E-state index is -4.44. The highest BCUT2D eigenvalue weighted by molar-refractivity contribution is 6.31. The zero-order valence-electron chi connectivity index (χ0n) is 26.0. The number of ether oxygens (including phenoxy) is 5. The fraction of sp³-hybridized carbons (Fsp3) is 0.324. The van der Waals surface area contributed by atoms with Gasteiger partial charge in [-0.25, -0.2) is 4.79 Å². The summed E-state index contributed by atoms with van der Waals surface area (Å²) in [5.41, 5.74) is 2.00. The van der Waals surface area contributed by atoms with E-state index in [4.69, 9.17) is 35.3 Å². The molecule has 5 atom stereocenters. The number of alkyl halides is 3. The Labute approximate surface area is 281 Å². The average molecular weight is 683 g/mol. The molecule has 0 aliphatic carbocycles. The molecule has 2 bridgehead atoms. The number of benzene rings is 4. The molecule has 4 aromatic carbocycles. The van der Waals surface area contributed by atoms with Crippen LogP contribution < -0.4 is 4.74 Å². The maximum absolute atomic E-state index is 12.9. The van der Waals surface area contributed by atoms with Crippen molar-refractivity contribution in [3.8, 4) is 5.75 Å². The molecular formula is C37H34ClF3O7. The van der Waals surface area contributed by atoms with Gasteiger partial charge in [0.05, 0.1) is 25.9 Å². The lowest BCUT2D eigenvalue weighted by Gasteiger charge is -2.49. The number of rotatable bonds is 12. The number of aliphatic carboxylic acids is 1. The van der Waals surface area contributed by atoms with Gasteiger partial charge in [0.1, 0.15) is 11.9 Å². The molecule has 1 N–H and O–H groups in total. The van der Waals surface area contributed by atoms with Crippen LogP contribution in [-0.4, -0.2) is 48.3 Å². The van der Waals surface area contributed by atoms with Gasteiger partial charge in [-0.15, -0.1) is 0 Å². The zero-order chi connectivity index (χ0) is 33.9. The topological polar surface area (TPSA) is 83.5 Å². The predicted molar refractivity (Wildman–Crippen MR) is 171 cm³/mol. The monoisotopic (exact) mass is 682 g/mol. The summed E-state index contributed by atoms with van der Waals surface area (Å²) >= 11 is 6.66. The Hall–Kier alpha value is -3.93. The van der Waals surface area contributed by atoms with E-state index in [1.807, 2.05) is 60.7 Å². The van der Waals surface area contributed by atoms with Gasteiger partial charge in [0.2, 0.25) is 5.79 Å². The van der Waals surface area contributed by atoms with Crippen LogP contribution in [0.1, 0.15) is 34.7 Å². The van der Waals surface area contributed by atoms with E-state index in [1.165, 1.54) is 12.1 Å². The Morgan fingerprint density at radius 1 is 0.896 bits per heavy atom. The van der Waals surface area contributed by atoms with Crippen LogP contribution in [0.4, 0.5) is 13.2 Å². The second-order valence-corrected chi connectivity index (χ2v) is 12.5. The van der Waals surface area contributed by atoms with Crippen molar-refractivity contribution in [2.45, 2.75) is 56.3 Å². The van der Waals surface area contributed by atoms with E-state index in [9.17, 15) is 23.1 Å². The van der Waals surface area contributed by atoms with E-state index in [1.54, 1.807) is 37.3 Å². The van der Waals surface area contributed by atoms with E-state index in [0.29, 0.717) is 22.6 Å². The first kappa shape index (κ1) is 34.0. The van der Waals surface area contributed by atoms with Gasteiger partial charge in [0, 0.05) is 16.5 Å². The molecule has 2 fully saturated rings. The minimum absolute atomic E-state index is 0.0869. The van der Waals surface area contributed by atoms with Gasteiger partial charge in [0.25, 0.3) is 0 Å². The molecular weight excluding hydrogens is 649 g/mol. The average Bonchev–Trinajstić information content (AvgIpc) is 3.46. The first-order valence-corrected chi connectivity index (χ1v) is 15.8. The lowest BCUT2D eigenvalue weighted by Crippen LogP contribution is -2.64. The summed E-state index contributed by atoms with van der Waals surface area (Å²) in [6.07, 6.45) is -5.79. The van der Waals surface area contributed by atoms with Crippen LogP contribution in [-0.2, 0) is 49.2 Å². The van der Waals surface area contributed by atoms with E-state index in [2.05, 4.69) is 0 Å². The molecule has 2 saturated heterocycles. The molecule has 252 valence electrons. The van der Waals surface area contributed by atoms with Crippen molar-refractivity contribution >= 4 is 17.6 Å². The number of carbonyl (C=O) groups is 1. The molecule has 0 radical (unpaired) electrons. The normalized spacial score (nSPS) is 25.1. The molecule has 11 heteroatoms. The molecule has 7 nitrogen and oxygen atoms in total. The number of halogens is 4. The number of hydrogen-bond acceptors (Lipinski definition) is 6. The van der Waals surface area contributed by atoms with Gasteiger partial charge >= 0.3 is 12.1 Å². The standard InChI is InChI=1S/C37H34ClF3O7/c1-24-32(44-20-26-8-4-2-5-9-26)33(45-21-27-10-6-3-7-11-27)37(47-22-35(24,48-37)34(42)43)29-14-17-31(38)28(19-29)18-25-12-15-30(16-13-25)46-23-36(39,40)41/h2-17,19,24,32-33H,18,20-23H2,1H3,(H,42,43)/t24-,32-,33+,35-,37-/m0/s1. The molecule has 48 heavy (non-hydrogen) atoms. The molecule has 0 saturated carbocycles. The molecule has 0 spiro atoms. The van der Waals surface area contributed by atoms with Crippen molar-refractivity contribution in [2.24, 2.45) is 5.92 Å². The number of carboxylic acid groups (broad SMARTS) is 1. The third-order valence-corrected chi connectivity index (χ3v) is 9.19. The molecule has 0 aromatic heterocycles. The predicted octanol–water partition coefficient (Wildman–Crippen LogP) is 7.72. The van der Waals surface area contributed by atoms with E-state index >= 15 is 0 Å². The highest BCUT2D eigenvalue weighted by Crippen LogP contribution is 2.54. The van der Waals surface area contributed by atoms with Gasteiger partial charge in [-0.05, 0) is 52.9 Å². The molecule has 4 aromatic rings. The third kappa shape index (κ3) is 7.09. The fourth-order valence-electron chi connectivity index (χ4n) is 6.24. The van der Waals surface area contributed by atoms with E-state index in [0.717, 1.165) is 16.7 Å². The van der Waals surface area contributed by atoms with Crippen LogP contribution >= 0.6 is 11.6 Å². The highest BCUT2D eigenvalue weighted by atomic mass is 35.5. The smallest absolute Gasteiger partial charge is 0.422 e. The summed E-state index contributed by atoms with van der Waals surface area (Å²) in [7, 11) is 0. The molecule has 2 aliphatic rings. The Bertz CT molecular complexity index is 1700. The SMILES string of the molecule is C[C@H]1[C@H](OCc2ccccc2)[C@@H](OCc2ccccc2)[C@@]2(c3ccc(Cl)c(Cc4ccc(OCC(F)(F)F)cc4)c3)OC[C@]1(C(=O)O)O2. The quantitative estimate of drug-likeness (QED) is 0.164. The summed E-state index contributed by atoms with van der Waals surface area (Å²) in [5.74, 6) is -3.42. The zero-order valence-corrected chi connectivity index (χ0v) is 26.7. The van der Waals surface area contributed by atoms with E-state index < -0.39 is 48.3 Å². The summed E-state index contributed by atoms with van der Waals surface area (Å²) in [6, 6.07) is 30.6. The summed E-state index contributed by atoms with van der Waals surface area (Å²) < 4.78 is 68.7. The van der Waals surface area contributed by atoms with Crippen LogP contribution in [0.2, 0.25) is 5.02 Å². The van der Waals surface area contributed by atoms with Crippen molar-refractivity contribution < 1.29 is 46.8 Å². The van der Waals surface area contributed by atoms with Crippen LogP contribution in [0.5, 0.6) is 5.75 Å². The Kier molecular flexibility index (Phi) is 9.83. The first-order chi connectivity index (χ1) is 23.0. The van der Waals surface area contributed by atoms with Crippen LogP contribution in [0.15, 0.2) is 103 Å². The number of hydrogen-bond donors (Lipinski definition) is 1. The minimum Gasteiger partial charge on any atom is -0.484 e. The second kappa shape index (κ2) is 13.9. The summed E-state index contributed by atoms with van der Waals surface area (Å²) in [6.45, 7) is 0.540. The lowest BCUT2D eigenvalue weighted by molar-refractivity contribution is -0.330. The van der Waals surface area contributed by atoms with Crippen molar-refractivity contribution in [2.75, 3.05) is 13.2 Å². The fourth-order valence-corrected chi connectivity index (χ4v) is 6.42. The van der Waals surface area contributed by atoms with Crippen molar-refractivity contribution in [1.29, 1.82) is 0 Å². The van der Waals surface area contributed by atoms with Crippen LogP contribution in [0.25, 0.3) is 0 Å². The van der Waals surface area contributed by atoms with Gasteiger partial charge in [-0.3, -0.25) is 0 Å². The molecule has 6 rings (SSSR count). The molecule has 0 unspecified atom stereocenters.